The lowest BCUT2D eigenvalue weighted by molar-refractivity contribution is 0.544. The minimum Gasteiger partial charge on any atom is -0.212 e. The predicted molar refractivity (Wildman–Crippen MR) is 80.1 cm³/mol. The molecule has 0 spiro atoms. The van der Waals surface area contributed by atoms with Gasteiger partial charge in [-0.3, -0.25) is 0 Å². The van der Waals surface area contributed by atoms with E-state index in [0.717, 1.165) is 37.2 Å². The van der Waals surface area contributed by atoms with Crippen LogP contribution in [0.15, 0.2) is 0 Å². The number of halogens is 1. The lowest BCUT2D eigenvalue weighted by Gasteiger charge is -2.15. The van der Waals surface area contributed by atoms with Gasteiger partial charge < -0.3 is 0 Å². The van der Waals surface area contributed by atoms with E-state index in [1.165, 1.54) is 0 Å². The summed E-state index contributed by atoms with van der Waals surface area (Å²) in [5, 5.41) is 1.02. The Morgan fingerprint density at radius 2 is 1.94 bits per heavy atom. The van der Waals surface area contributed by atoms with Crippen LogP contribution >= 0.6 is 15.9 Å². The maximum Gasteiger partial charge on any atom is 0.214 e. The summed E-state index contributed by atoms with van der Waals surface area (Å²) < 4.78 is 25.7. The number of hydrogen-bond donors (Lipinski definition) is 0. The van der Waals surface area contributed by atoms with Gasteiger partial charge in [0.25, 0.3) is 0 Å². The van der Waals surface area contributed by atoms with Gasteiger partial charge in [-0.1, -0.05) is 42.0 Å². The van der Waals surface area contributed by atoms with Gasteiger partial charge in [-0.25, -0.2) is 8.42 Å². The molecule has 1 aliphatic rings. The standard InChI is InChI=1S/C11H24BrNO2SSi/c1-17(2,3)9-8-16(14,15)13-10-11(13)6-4-5-7-12/h11H,4-10H2,1-3H3/t11-,13?/m0/s1. The van der Waals surface area contributed by atoms with Crippen molar-refractivity contribution in [2.45, 2.75) is 51.0 Å². The van der Waals surface area contributed by atoms with E-state index in [1.807, 2.05) is 0 Å². The summed E-state index contributed by atoms with van der Waals surface area (Å²) in [7, 11) is -4.20. The third-order valence-corrected chi connectivity index (χ3v) is 7.61. The highest BCUT2D eigenvalue weighted by Gasteiger charge is 2.42. The summed E-state index contributed by atoms with van der Waals surface area (Å²) in [6.45, 7) is 7.42. The van der Waals surface area contributed by atoms with Crippen LogP contribution in [0.1, 0.15) is 19.3 Å². The molecule has 0 saturated carbocycles. The van der Waals surface area contributed by atoms with E-state index in [1.54, 1.807) is 4.31 Å². The predicted octanol–water partition coefficient (Wildman–Crippen LogP) is 2.90. The van der Waals surface area contributed by atoms with Crippen LogP contribution in [0.4, 0.5) is 0 Å². The van der Waals surface area contributed by atoms with E-state index in [9.17, 15) is 8.42 Å². The second-order valence-corrected chi connectivity index (χ2v) is 14.5. The summed E-state index contributed by atoms with van der Waals surface area (Å²) in [4.78, 5) is 0. The van der Waals surface area contributed by atoms with Crippen LogP contribution in [0.3, 0.4) is 0 Å². The van der Waals surface area contributed by atoms with Crippen LogP contribution in [0, 0.1) is 0 Å². The number of sulfonamides is 1. The van der Waals surface area contributed by atoms with Crippen molar-refractivity contribution in [1.82, 2.24) is 4.31 Å². The van der Waals surface area contributed by atoms with Crippen LogP contribution in [-0.2, 0) is 10.0 Å². The van der Waals surface area contributed by atoms with Crippen molar-refractivity contribution in [3.8, 4) is 0 Å². The minimum atomic E-state index is -2.95. The Hall–Kier alpha value is 0.607. The molecular weight excluding hydrogens is 318 g/mol. The first kappa shape index (κ1) is 15.7. The Balaban J connectivity index is 2.31. The van der Waals surface area contributed by atoms with Crippen molar-refractivity contribution >= 4 is 34.0 Å². The number of unbranched alkanes of at least 4 members (excludes halogenated alkanes) is 1. The monoisotopic (exact) mass is 341 g/mol. The average molecular weight is 342 g/mol. The molecule has 0 aromatic rings. The molecule has 0 aromatic carbocycles. The first-order valence-electron chi connectivity index (χ1n) is 6.32. The number of hydrogen-bond acceptors (Lipinski definition) is 2. The van der Waals surface area contributed by atoms with E-state index in [-0.39, 0.29) is 0 Å². The Bertz CT molecular complexity index is 340. The smallest absolute Gasteiger partial charge is 0.212 e. The maximum atomic E-state index is 12.0. The molecule has 1 rings (SSSR count). The summed E-state index contributed by atoms with van der Waals surface area (Å²) in [6.07, 6.45) is 3.28. The molecule has 102 valence electrons. The second kappa shape index (κ2) is 6.17. The summed E-state index contributed by atoms with van der Waals surface area (Å²) >= 11 is 3.39. The zero-order chi connectivity index (χ0) is 13.1. The van der Waals surface area contributed by atoms with Crippen LogP contribution in [-0.4, -0.2) is 44.5 Å². The first-order valence-corrected chi connectivity index (χ1v) is 12.8. The molecule has 1 saturated heterocycles. The molecule has 0 bridgehead atoms. The van der Waals surface area contributed by atoms with Crippen LogP contribution in [0.25, 0.3) is 0 Å². The van der Waals surface area contributed by atoms with Crippen LogP contribution in [0.5, 0.6) is 0 Å². The summed E-state index contributed by atoms with van der Waals surface area (Å²) in [5.74, 6) is 0.359. The van der Waals surface area contributed by atoms with E-state index in [0.29, 0.717) is 11.8 Å². The molecule has 1 unspecified atom stereocenters. The first-order chi connectivity index (χ1) is 7.76. The van der Waals surface area contributed by atoms with Gasteiger partial charge in [0.05, 0.1) is 5.75 Å². The highest BCUT2D eigenvalue weighted by Crippen LogP contribution is 2.28. The topological polar surface area (TPSA) is 37.1 Å². The zero-order valence-electron chi connectivity index (χ0n) is 11.1. The van der Waals surface area contributed by atoms with Gasteiger partial charge in [0, 0.05) is 26.0 Å². The molecule has 0 amide bonds. The molecule has 3 nitrogen and oxygen atoms in total. The van der Waals surface area contributed by atoms with Crippen molar-refractivity contribution in [2.75, 3.05) is 17.6 Å². The van der Waals surface area contributed by atoms with Crippen molar-refractivity contribution in [1.29, 1.82) is 0 Å². The van der Waals surface area contributed by atoms with E-state index in [2.05, 4.69) is 35.6 Å². The van der Waals surface area contributed by atoms with Crippen LogP contribution in [0.2, 0.25) is 25.7 Å². The van der Waals surface area contributed by atoms with Gasteiger partial charge in [-0.05, 0) is 18.9 Å². The number of nitrogens with zero attached hydrogens (tertiary/aromatic N) is 1. The Kier molecular flexibility index (Phi) is 5.68. The fourth-order valence-corrected chi connectivity index (χ4v) is 6.83. The maximum absolute atomic E-state index is 12.0. The van der Waals surface area contributed by atoms with Gasteiger partial charge >= 0.3 is 0 Å². The summed E-state index contributed by atoms with van der Waals surface area (Å²) in [6, 6.07) is 1.18. The molecule has 0 aliphatic carbocycles. The number of rotatable bonds is 8. The van der Waals surface area contributed by atoms with Gasteiger partial charge in [-0.2, -0.15) is 4.31 Å². The molecule has 6 heteroatoms. The highest BCUT2D eigenvalue weighted by molar-refractivity contribution is 9.09. The lowest BCUT2D eigenvalue weighted by atomic mass is 10.2. The largest absolute Gasteiger partial charge is 0.214 e. The quantitative estimate of drug-likeness (QED) is 0.294. The molecule has 17 heavy (non-hydrogen) atoms. The Morgan fingerprint density at radius 1 is 1.29 bits per heavy atom. The normalized spacial score (nSPS) is 24.9. The van der Waals surface area contributed by atoms with E-state index < -0.39 is 18.1 Å². The molecular formula is C11H24BrNO2SSi. The molecule has 1 aliphatic heterocycles. The number of alkyl halides is 1. The average Bonchev–Trinajstić information content (AvgIpc) is 2.95. The summed E-state index contributed by atoms with van der Waals surface area (Å²) in [5.41, 5.74) is 0. The van der Waals surface area contributed by atoms with Crippen molar-refractivity contribution in [3.63, 3.8) is 0 Å². The molecule has 1 heterocycles. The molecule has 0 aromatic heterocycles. The van der Waals surface area contributed by atoms with Gasteiger partial charge in [0.1, 0.15) is 0 Å². The van der Waals surface area contributed by atoms with Crippen molar-refractivity contribution in [3.05, 3.63) is 0 Å². The highest BCUT2D eigenvalue weighted by atomic mass is 79.9. The van der Waals surface area contributed by atoms with E-state index in [4.69, 9.17) is 0 Å². The van der Waals surface area contributed by atoms with Crippen molar-refractivity contribution < 1.29 is 8.42 Å². The molecule has 2 atom stereocenters. The van der Waals surface area contributed by atoms with Crippen molar-refractivity contribution in [2.24, 2.45) is 0 Å². The van der Waals surface area contributed by atoms with Crippen LogP contribution < -0.4 is 0 Å². The third kappa shape index (κ3) is 5.85. The Labute approximate surface area is 115 Å². The van der Waals surface area contributed by atoms with Gasteiger partial charge in [-0.15, -0.1) is 0 Å². The fourth-order valence-electron chi connectivity index (χ4n) is 1.76. The minimum absolute atomic E-state index is 0.306. The Morgan fingerprint density at radius 3 is 2.47 bits per heavy atom. The lowest BCUT2D eigenvalue weighted by Crippen LogP contribution is -2.27. The molecule has 0 radical (unpaired) electrons. The molecule has 1 fully saturated rings. The third-order valence-electron chi connectivity index (χ3n) is 3.05. The fraction of sp³-hybridized carbons (Fsp3) is 1.00. The zero-order valence-corrected chi connectivity index (χ0v) is 14.5. The van der Waals surface area contributed by atoms with Gasteiger partial charge in [0.2, 0.25) is 10.0 Å². The second-order valence-electron chi connectivity index (χ2n) is 6.03. The van der Waals surface area contributed by atoms with Gasteiger partial charge in [0.15, 0.2) is 0 Å². The SMILES string of the molecule is C[Si](C)(C)CCS(=O)(=O)N1C[C@@H]1CCCCBr. The van der Waals surface area contributed by atoms with E-state index >= 15 is 0 Å². The molecule has 0 N–H and O–H groups in total.